The number of carbonyl (C=O) groups excluding carboxylic acids is 1. The third-order valence-corrected chi connectivity index (χ3v) is 2.49. The minimum Gasteiger partial charge on any atom is -0.273 e. The fourth-order valence-corrected chi connectivity index (χ4v) is 1.24. The largest absolute Gasteiger partial charge is 0.273 e. The summed E-state index contributed by atoms with van der Waals surface area (Å²) in [6.07, 6.45) is 0.344. The second kappa shape index (κ2) is 4.64. The molecule has 0 aromatic heterocycles. The summed E-state index contributed by atoms with van der Waals surface area (Å²) in [7, 11) is 0. The Kier molecular flexibility index (Phi) is 3.75. The monoisotopic (exact) mass is 232 g/mol. The highest BCUT2D eigenvalue weighted by atomic mass is 35.5. The minimum atomic E-state index is -0.177. The van der Waals surface area contributed by atoms with Gasteiger partial charge in [-0.15, -0.1) is 0 Å². The van der Waals surface area contributed by atoms with Gasteiger partial charge >= 0.3 is 0 Å². The molecule has 0 radical (unpaired) electrons. The zero-order valence-corrected chi connectivity index (χ0v) is 9.14. The molecular weight excluding hydrogens is 223 g/mol. The molecular formula is C9H10Cl2N2O. The number of carbonyl (C=O) groups is 1. The summed E-state index contributed by atoms with van der Waals surface area (Å²) >= 11 is 11.5. The quantitative estimate of drug-likeness (QED) is 0.484. The predicted octanol–water partition coefficient (Wildman–Crippen LogP) is 2.61. The molecule has 0 atom stereocenters. The Morgan fingerprint density at radius 1 is 1.43 bits per heavy atom. The Bertz CT molecular complexity index is 355. The van der Waals surface area contributed by atoms with E-state index in [1.807, 2.05) is 0 Å². The standard InChI is InChI=1S/C9H10Cl2N2O/c1-2-9(14)13(12)6-3-4-7(10)8(11)5-6/h3-5H,2,12H2,1H3. The van der Waals surface area contributed by atoms with Crippen LogP contribution in [0.3, 0.4) is 0 Å². The number of hydrazine groups is 1. The van der Waals surface area contributed by atoms with Crippen molar-refractivity contribution in [1.82, 2.24) is 0 Å². The van der Waals surface area contributed by atoms with Gasteiger partial charge in [0.25, 0.3) is 0 Å². The maximum Gasteiger partial charge on any atom is 0.240 e. The molecule has 0 unspecified atom stereocenters. The van der Waals surface area contributed by atoms with Crippen LogP contribution in [-0.2, 0) is 4.79 Å². The van der Waals surface area contributed by atoms with Crippen LogP contribution in [-0.4, -0.2) is 5.91 Å². The van der Waals surface area contributed by atoms with Gasteiger partial charge in [-0.2, -0.15) is 0 Å². The molecule has 0 aliphatic rings. The molecule has 14 heavy (non-hydrogen) atoms. The molecule has 2 N–H and O–H groups in total. The van der Waals surface area contributed by atoms with Crippen molar-refractivity contribution in [2.45, 2.75) is 13.3 Å². The first kappa shape index (κ1) is 11.3. The molecule has 5 heteroatoms. The van der Waals surface area contributed by atoms with E-state index >= 15 is 0 Å². The summed E-state index contributed by atoms with van der Waals surface area (Å²) in [6, 6.07) is 4.79. The molecule has 0 aliphatic carbocycles. The highest BCUT2D eigenvalue weighted by Crippen LogP contribution is 2.26. The van der Waals surface area contributed by atoms with Gasteiger partial charge in [-0.3, -0.25) is 4.79 Å². The first-order chi connectivity index (χ1) is 6.56. The first-order valence-corrected chi connectivity index (χ1v) is 4.84. The Hall–Kier alpha value is -0.770. The third kappa shape index (κ3) is 2.38. The zero-order valence-electron chi connectivity index (χ0n) is 7.63. The van der Waals surface area contributed by atoms with Crippen molar-refractivity contribution in [2.24, 2.45) is 5.84 Å². The Morgan fingerprint density at radius 2 is 2.07 bits per heavy atom. The van der Waals surface area contributed by atoms with Crippen LogP contribution in [0.1, 0.15) is 13.3 Å². The lowest BCUT2D eigenvalue weighted by molar-refractivity contribution is -0.118. The van der Waals surface area contributed by atoms with E-state index in [4.69, 9.17) is 29.0 Å². The van der Waals surface area contributed by atoms with E-state index in [2.05, 4.69) is 0 Å². The average Bonchev–Trinajstić information content (AvgIpc) is 2.20. The summed E-state index contributed by atoms with van der Waals surface area (Å²) in [4.78, 5) is 11.2. The lowest BCUT2D eigenvalue weighted by atomic mass is 10.3. The van der Waals surface area contributed by atoms with Crippen LogP contribution in [0.5, 0.6) is 0 Å². The number of halogens is 2. The summed E-state index contributed by atoms with van der Waals surface area (Å²) in [5.41, 5.74) is 0.534. The Morgan fingerprint density at radius 3 is 2.57 bits per heavy atom. The van der Waals surface area contributed by atoms with Gasteiger partial charge in [0.05, 0.1) is 15.7 Å². The average molecular weight is 233 g/mol. The summed E-state index contributed by atoms with van der Waals surface area (Å²) < 4.78 is 0. The number of rotatable bonds is 2. The van der Waals surface area contributed by atoms with Crippen molar-refractivity contribution in [3.8, 4) is 0 Å². The number of benzene rings is 1. The molecule has 0 spiro atoms. The second-order valence-electron chi connectivity index (χ2n) is 2.72. The van der Waals surface area contributed by atoms with Crippen molar-refractivity contribution >= 4 is 34.8 Å². The van der Waals surface area contributed by atoms with E-state index in [0.717, 1.165) is 5.01 Å². The lowest BCUT2D eigenvalue weighted by Crippen LogP contribution is -2.36. The van der Waals surface area contributed by atoms with E-state index in [1.54, 1.807) is 25.1 Å². The number of hydrogen-bond acceptors (Lipinski definition) is 2. The van der Waals surface area contributed by atoms with Gasteiger partial charge in [0, 0.05) is 6.42 Å². The lowest BCUT2D eigenvalue weighted by Gasteiger charge is -2.15. The molecule has 3 nitrogen and oxygen atoms in total. The van der Waals surface area contributed by atoms with Crippen molar-refractivity contribution in [2.75, 3.05) is 5.01 Å². The van der Waals surface area contributed by atoms with Crippen LogP contribution >= 0.6 is 23.2 Å². The molecule has 76 valence electrons. The number of nitrogens with two attached hydrogens (primary N) is 1. The fraction of sp³-hybridized carbons (Fsp3) is 0.222. The summed E-state index contributed by atoms with van der Waals surface area (Å²) in [6.45, 7) is 1.74. The molecule has 0 fully saturated rings. The third-order valence-electron chi connectivity index (χ3n) is 1.75. The van der Waals surface area contributed by atoms with E-state index in [1.165, 1.54) is 0 Å². The second-order valence-corrected chi connectivity index (χ2v) is 3.53. The fourth-order valence-electron chi connectivity index (χ4n) is 0.949. The molecule has 1 aromatic carbocycles. The highest BCUT2D eigenvalue weighted by molar-refractivity contribution is 6.42. The van der Waals surface area contributed by atoms with Gasteiger partial charge in [0.15, 0.2) is 0 Å². The molecule has 0 heterocycles. The van der Waals surface area contributed by atoms with Crippen LogP contribution in [0.15, 0.2) is 18.2 Å². The molecule has 1 amide bonds. The normalized spacial score (nSPS) is 10.0. The van der Waals surface area contributed by atoms with Crippen molar-refractivity contribution in [3.63, 3.8) is 0 Å². The number of nitrogens with zero attached hydrogens (tertiary/aromatic N) is 1. The Labute approximate surface area is 92.4 Å². The SMILES string of the molecule is CCC(=O)N(N)c1ccc(Cl)c(Cl)c1. The number of hydrogen-bond donors (Lipinski definition) is 1. The topological polar surface area (TPSA) is 46.3 Å². The first-order valence-electron chi connectivity index (χ1n) is 4.09. The molecule has 0 bridgehead atoms. The van der Waals surface area contributed by atoms with E-state index in [0.29, 0.717) is 22.2 Å². The van der Waals surface area contributed by atoms with E-state index in [9.17, 15) is 4.79 Å². The summed E-state index contributed by atoms with van der Waals surface area (Å²) in [5.74, 6) is 5.37. The molecule has 1 rings (SSSR count). The predicted molar refractivity (Wildman–Crippen MR) is 58.4 cm³/mol. The van der Waals surface area contributed by atoms with Crippen molar-refractivity contribution in [1.29, 1.82) is 0 Å². The number of anilines is 1. The van der Waals surface area contributed by atoms with Gasteiger partial charge in [-0.25, -0.2) is 10.9 Å². The maximum atomic E-state index is 11.2. The van der Waals surface area contributed by atoms with Crippen molar-refractivity contribution in [3.05, 3.63) is 28.2 Å². The maximum absolute atomic E-state index is 11.2. The molecule has 0 saturated heterocycles. The van der Waals surface area contributed by atoms with Gasteiger partial charge in [0.1, 0.15) is 0 Å². The van der Waals surface area contributed by atoms with Crippen LogP contribution in [0.4, 0.5) is 5.69 Å². The van der Waals surface area contributed by atoms with Gasteiger partial charge in [-0.05, 0) is 18.2 Å². The van der Waals surface area contributed by atoms with Crippen LogP contribution < -0.4 is 10.9 Å². The highest BCUT2D eigenvalue weighted by Gasteiger charge is 2.10. The van der Waals surface area contributed by atoms with E-state index < -0.39 is 0 Å². The van der Waals surface area contributed by atoms with Crippen LogP contribution in [0, 0.1) is 0 Å². The van der Waals surface area contributed by atoms with Crippen molar-refractivity contribution < 1.29 is 4.79 Å². The van der Waals surface area contributed by atoms with Gasteiger partial charge < -0.3 is 0 Å². The number of amides is 1. The summed E-state index contributed by atoms with van der Waals surface area (Å²) in [5, 5.41) is 1.87. The molecule has 0 saturated carbocycles. The zero-order chi connectivity index (χ0) is 10.7. The van der Waals surface area contributed by atoms with Crippen LogP contribution in [0.2, 0.25) is 10.0 Å². The minimum absolute atomic E-state index is 0.177. The van der Waals surface area contributed by atoms with Gasteiger partial charge in [-0.1, -0.05) is 30.1 Å². The van der Waals surface area contributed by atoms with Gasteiger partial charge in [0.2, 0.25) is 5.91 Å². The van der Waals surface area contributed by atoms with Crippen LogP contribution in [0.25, 0.3) is 0 Å². The van der Waals surface area contributed by atoms with E-state index in [-0.39, 0.29) is 5.91 Å². The Balaban J connectivity index is 2.96. The smallest absolute Gasteiger partial charge is 0.240 e. The molecule has 1 aromatic rings. The molecule has 0 aliphatic heterocycles.